The average Bonchev–Trinajstić information content (AvgIpc) is 2.54. The van der Waals surface area contributed by atoms with Crippen LogP contribution < -0.4 is 0 Å². The second kappa shape index (κ2) is 6.44. The van der Waals surface area contributed by atoms with Crippen LogP contribution >= 0.6 is 11.6 Å². The van der Waals surface area contributed by atoms with Gasteiger partial charge >= 0.3 is 0 Å². The molecular weight excluding hydrogens is 284 g/mol. The van der Waals surface area contributed by atoms with E-state index in [0.717, 1.165) is 36.8 Å². The van der Waals surface area contributed by atoms with E-state index in [-0.39, 0.29) is 5.91 Å². The van der Waals surface area contributed by atoms with Crippen LogP contribution in [0, 0.1) is 5.92 Å². The molecule has 4 heteroatoms. The lowest BCUT2D eigenvalue weighted by molar-refractivity contribution is 0.0673. The molecule has 1 atom stereocenters. The van der Waals surface area contributed by atoms with Gasteiger partial charge in [0.25, 0.3) is 5.91 Å². The van der Waals surface area contributed by atoms with Crippen molar-refractivity contribution in [2.45, 2.75) is 19.3 Å². The van der Waals surface area contributed by atoms with E-state index < -0.39 is 0 Å². The van der Waals surface area contributed by atoms with Crippen LogP contribution in [0.1, 0.15) is 29.6 Å². The maximum absolute atomic E-state index is 12.8. The second-order valence-corrected chi connectivity index (χ2v) is 6.00. The number of amides is 1. The Morgan fingerprint density at radius 1 is 1.33 bits per heavy atom. The second-order valence-electron chi connectivity index (χ2n) is 5.62. The minimum Gasteiger partial charge on any atom is -0.338 e. The van der Waals surface area contributed by atoms with Crippen LogP contribution in [0.15, 0.2) is 36.5 Å². The van der Waals surface area contributed by atoms with Crippen molar-refractivity contribution in [1.82, 2.24) is 9.88 Å². The average molecular weight is 303 g/mol. The van der Waals surface area contributed by atoms with Crippen LogP contribution in [0.3, 0.4) is 0 Å². The molecule has 1 unspecified atom stereocenters. The number of para-hydroxylation sites is 1. The van der Waals surface area contributed by atoms with Gasteiger partial charge in [0.05, 0.1) is 11.1 Å². The standard InChI is InChI=1S/C17H19ClN2O/c18-9-8-13-4-3-11-20(12-13)17(21)15-7-1-5-14-6-2-10-19-16(14)15/h1-2,5-7,10,13H,3-4,8-9,11-12H2. The normalized spacial score (nSPS) is 18.9. The Bertz CT molecular complexity index is 636. The first-order valence-corrected chi connectivity index (χ1v) is 8.02. The Kier molecular flexibility index (Phi) is 4.39. The number of hydrogen-bond acceptors (Lipinski definition) is 2. The molecular formula is C17H19ClN2O. The van der Waals surface area contributed by atoms with E-state index in [1.807, 2.05) is 35.2 Å². The van der Waals surface area contributed by atoms with E-state index in [4.69, 9.17) is 11.6 Å². The number of aromatic nitrogens is 1. The van der Waals surface area contributed by atoms with Gasteiger partial charge in [-0.15, -0.1) is 11.6 Å². The fourth-order valence-corrected chi connectivity index (χ4v) is 3.40. The summed E-state index contributed by atoms with van der Waals surface area (Å²) in [6.45, 7) is 1.65. The predicted molar refractivity (Wildman–Crippen MR) is 85.7 cm³/mol. The smallest absolute Gasteiger partial charge is 0.256 e. The van der Waals surface area contributed by atoms with E-state index in [1.54, 1.807) is 6.20 Å². The minimum absolute atomic E-state index is 0.0959. The molecule has 0 saturated carbocycles. The number of halogens is 1. The lowest BCUT2D eigenvalue weighted by atomic mass is 9.95. The summed E-state index contributed by atoms with van der Waals surface area (Å²) in [5, 5.41) is 1.01. The zero-order chi connectivity index (χ0) is 14.7. The molecule has 1 aliphatic rings. The van der Waals surface area contributed by atoms with Crippen molar-refractivity contribution < 1.29 is 4.79 Å². The largest absolute Gasteiger partial charge is 0.338 e. The van der Waals surface area contributed by atoms with E-state index in [0.29, 0.717) is 17.4 Å². The number of likely N-dealkylation sites (tertiary alicyclic amines) is 1. The number of pyridine rings is 1. The van der Waals surface area contributed by atoms with Crippen LogP contribution in [0.5, 0.6) is 0 Å². The molecule has 0 aliphatic carbocycles. The van der Waals surface area contributed by atoms with Gasteiger partial charge in [0.2, 0.25) is 0 Å². The van der Waals surface area contributed by atoms with Crippen molar-refractivity contribution in [2.75, 3.05) is 19.0 Å². The highest BCUT2D eigenvalue weighted by Crippen LogP contribution is 2.24. The van der Waals surface area contributed by atoms with Crippen LogP contribution in [-0.2, 0) is 0 Å². The number of fused-ring (bicyclic) bond motifs is 1. The summed E-state index contributed by atoms with van der Waals surface area (Å²) in [6, 6.07) is 9.69. The molecule has 1 aromatic carbocycles. The first-order valence-electron chi connectivity index (χ1n) is 7.48. The van der Waals surface area contributed by atoms with Gasteiger partial charge in [-0.3, -0.25) is 9.78 Å². The molecule has 3 nitrogen and oxygen atoms in total. The summed E-state index contributed by atoms with van der Waals surface area (Å²) in [4.78, 5) is 19.2. The van der Waals surface area contributed by atoms with Gasteiger partial charge < -0.3 is 4.90 Å². The fourth-order valence-electron chi connectivity index (χ4n) is 3.09. The third kappa shape index (κ3) is 3.03. The van der Waals surface area contributed by atoms with E-state index in [2.05, 4.69) is 4.98 Å². The Morgan fingerprint density at radius 3 is 3.05 bits per heavy atom. The molecule has 0 N–H and O–H groups in total. The molecule has 1 fully saturated rings. The summed E-state index contributed by atoms with van der Waals surface area (Å²) in [6.07, 6.45) is 4.96. The van der Waals surface area contributed by atoms with Crippen molar-refractivity contribution in [2.24, 2.45) is 5.92 Å². The monoisotopic (exact) mass is 302 g/mol. The van der Waals surface area contributed by atoms with E-state index in [9.17, 15) is 4.79 Å². The number of hydrogen-bond donors (Lipinski definition) is 0. The number of alkyl halides is 1. The fraction of sp³-hybridized carbons (Fsp3) is 0.412. The SMILES string of the molecule is O=C(c1cccc2cccnc12)N1CCCC(CCCl)C1. The molecule has 3 rings (SSSR count). The molecule has 2 aromatic rings. The van der Waals surface area contributed by atoms with Crippen LogP contribution in [0.2, 0.25) is 0 Å². The Balaban J connectivity index is 1.86. The first-order chi connectivity index (χ1) is 10.3. The van der Waals surface area contributed by atoms with Crippen molar-refractivity contribution in [3.05, 3.63) is 42.1 Å². The zero-order valence-corrected chi connectivity index (χ0v) is 12.7. The molecule has 0 bridgehead atoms. The summed E-state index contributed by atoms with van der Waals surface area (Å²) in [7, 11) is 0. The summed E-state index contributed by atoms with van der Waals surface area (Å²) in [5.74, 6) is 1.30. The predicted octanol–water partition coefficient (Wildman–Crippen LogP) is 3.72. The Hall–Kier alpha value is -1.61. The van der Waals surface area contributed by atoms with Crippen LogP contribution in [0.25, 0.3) is 10.9 Å². The highest BCUT2D eigenvalue weighted by Gasteiger charge is 2.25. The molecule has 0 spiro atoms. The first kappa shape index (κ1) is 14.3. The summed E-state index contributed by atoms with van der Waals surface area (Å²) < 4.78 is 0. The van der Waals surface area contributed by atoms with Gasteiger partial charge in [0.1, 0.15) is 0 Å². The van der Waals surface area contributed by atoms with Gasteiger partial charge in [0.15, 0.2) is 0 Å². The lowest BCUT2D eigenvalue weighted by Crippen LogP contribution is -2.40. The molecule has 1 aliphatic heterocycles. The third-order valence-corrected chi connectivity index (χ3v) is 4.40. The highest BCUT2D eigenvalue weighted by molar-refractivity contribution is 6.17. The van der Waals surface area contributed by atoms with Gasteiger partial charge in [0, 0.05) is 30.6 Å². The number of rotatable bonds is 3. The van der Waals surface area contributed by atoms with Crippen molar-refractivity contribution >= 4 is 28.4 Å². The lowest BCUT2D eigenvalue weighted by Gasteiger charge is -2.32. The van der Waals surface area contributed by atoms with E-state index >= 15 is 0 Å². The van der Waals surface area contributed by atoms with Gasteiger partial charge in [-0.25, -0.2) is 0 Å². The van der Waals surface area contributed by atoms with Gasteiger partial charge in [-0.2, -0.15) is 0 Å². The summed E-state index contributed by atoms with van der Waals surface area (Å²) in [5.41, 5.74) is 1.50. The number of nitrogens with zero attached hydrogens (tertiary/aromatic N) is 2. The zero-order valence-electron chi connectivity index (χ0n) is 12.0. The molecule has 1 amide bonds. The number of piperidine rings is 1. The van der Waals surface area contributed by atoms with Crippen molar-refractivity contribution in [3.63, 3.8) is 0 Å². The minimum atomic E-state index is 0.0959. The van der Waals surface area contributed by atoms with Crippen molar-refractivity contribution in [3.8, 4) is 0 Å². The maximum atomic E-state index is 12.8. The Labute approximate surface area is 129 Å². The highest BCUT2D eigenvalue weighted by atomic mass is 35.5. The van der Waals surface area contributed by atoms with Crippen LogP contribution in [-0.4, -0.2) is 34.8 Å². The van der Waals surface area contributed by atoms with E-state index in [1.165, 1.54) is 6.42 Å². The van der Waals surface area contributed by atoms with Crippen LogP contribution in [0.4, 0.5) is 0 Å². The quantitative estimate of drug-likeness (QED) is 0.810. The topological polar surface area (TPSA) is 33.2 Å². The molecule has 1 saturated heterocycles. The summed E-state index contributed by atoms with van der Waals surface area (Å²) >= 11 is 5.84. The molecule has 21 heavy (non-hydrogen) atoms. The maximum Gasteiger partial charge on any atom is 0.256 e. The molecule has 110 valence electrons. The molecule has 2 heterocycles. The number of carbonyl (C=O) groups excluding carboxylic acids is 1. The molecule has 1 aromatic heterocycles. The van der Waals surface area contributed by atoms with Gasteiger partial charge in [-0.05, 0) is 37.3 Å². The number of carbonyl (C=O) groups is 1. The van der Waals surface area contributed by atoms with Crippen molar-refractivity contribution in [1.29, 1.82) is 0 Å². The Morgan fingerprint density at radius 2 is 2.19 bits per heavy atom. The van der Waals surface area contributed by atoms with Gasteiger partial charge in [-0.1, -0.05) is 18.2 Å². The number of benzene rings is 1. The third-order valence-electron chi connectivity index (χ3n) is 4.19. The molecule has 0 radical (unpaired) electrons.